The third-order valence-electron chi connectivity index (χ3n) is 2.94. The van der Waals surface area contributed by atoms with Gasteiger partial charge in [-0.15, -0.1) is 0 Å². The lowest BCUT2D eigenvalue weighted by Gasteiger charge is -2.06. The number of nitriles is 1. The van der Waals surface area contributed by atoms with Gasteiger partial charge in [-0.25, -0.2) is 4.68 Å². The van der Waals surface area contributed by atoms with Crippen molar-refractivity contribution in [3.8, 4) is 23.1 Å². The summed E-state index contributed by atoms with van der Waals surface area (Å²) in [5, 5.41) is 13.1. The van der Waals surface area contributed by atoms with Crippen LogP contribution in [0.3, 0.4) is 0 Å². The normalized spacial score (nSPS) is 10.2. The average Bonchev–Trinajstić information content (AvgIpc) is 2.97. The largest absolute Gasteiger partial charge is 0.259 e. The molecule has 0 amide bonds. The van der Waals surface area contributed by atoms with Crippen molar-refractivity contribution in [2.75, 3.05) is 0 Å². The Labute approximate surface area is 116 Å². The van der Waals surface area contributed by atoms with Gasteiger partial charge in [0.25, 0.3) is 0 Å². The lowest BCUT2D eigenvalue weighted by molar-refractivity contribution is 0.875. The molecule has 0 fully saturated rings. The van der Waals surface area contributed by atoms with Crippen molar-refractivity contribution < 1.29 is 0 Å². The summed E-state index contributed by atoms with van der Waals surface area (Å²) in [6.07, 6.45) is 5.05. The molecule has 0 N–H and O–H groups in total. The van der Waals surface area contributed by atoms with Gasteiger partial charge in [0.2, 0.25) is 0 Å². The van der Waals surface area contributed by atoms with Crippen LogP contribution in [0, 0.1) is 18.3 Å². The zero-order valence-corrected chi connectivity index (χ0v) is 10.9. The van der Waals surface area contributed by atoms with Gasteiger partial charge in [0, 0.05) is 11.9 Å². The van der Waals surface area contributed by atoms with Crippen LogP contribution in [0.25, 0.3) is 17.1 Å². The van der Waals surface area contributed by atoms with Gasteiger partial charge in [-0.1, -0.05) is 0 Å². The number of hydrogen-bond donors (Lipinski definition) is 0. The first-order valence-electron chi connectivity index (χ1n) is 6.11. The van der Waals surface area contributed by atoms with Crippen molar-refractivity contribution in [1.29, 1.82) is 5.26 Å². The van der Waals surface area contributed by atoms with Crippen molar-refractivity contribution >= 4 is 0 Å². The standard InChI is InChI=1S/C15H11N5/c1-11-2-4-13(10-17-11)20-15(6-7-19-20)14-5-3-12(8-16)9-18-14/h2-7,9-10H,1H3. The van der Waals surface area contributed by atoms with E-state index in [0.29, 0.717) is 5.56 Å². The smallest absolute Gasteiger partial charge is 0.101 e. The Kier molecular flexibility index (Phi) is 2.98. The van der Waals surface area contributed by atoms with Crippen LogP contribution < -0.4 is 0 Å². The van der Waals surface area contributed by atoms with Gasteiger partial charge >= 0.3 is 0 Å². The van der Waals surface area contributed by atoms with E-state index in [1.807, 2.05) is 31.2 Å². The summed E-state index contributed by atoms with van der Waals surface area (Å²) in [6, 6.07) is 11.4. The molecule has 3 rings (SSSR count). The Morgan fingerprint density at radius 2 is 1.95 bits per heavy atom. The zero-order chi connectivity index (χ0) is 13.9. The van der Waals surface area contributed by atoms with E-state index in [-0.39, 0.29) is 0 Å². The fourth-order valence-corrected chi connectivity index (χ4v) is 1.90. The van der Waals surface area contributed by atoms with E-state index in [9.17, 15) is 0 Å². The third-order valence-corrected chi connectivity index (χ3v) is 2.94. The summed E-state index contributed by atoms with van der Waals surface area (Å²) < 4.78 is 1.78. The van der Waals surface area contributed by atoms with Gasteiger partial charge in [-0.05, 0) is 37.3 Å². The number of rotatable bonds is 2. The Balaban J connectivity index is 2.05. The van der Waals surface area contributed by atoms with Crippen molar-refractivity contribution in [2.24, 2.45) is 0 Å². The maximum Gasteiger partial charge on any atom is 0.101 e. The third kappa shape index (κ3) is 2.15. The monoisotopic (exact) mass is 261 g/mol. The predicted octanol–water partition coefficient (Wildman–Crippen LogP) is 2.51. The van der Waals surface area contributed by atoms with Crippen molar-refractivity contribution in [2.45, 2.75) is 6.92 Å². The van der Waals surface area contributed by atoms with Crippen LogP contribution >= 0.6 is 0 Å². The highest BCUT2D eigenvalue weighted by atomic mass is 15.3. The highest BCUT2D eigenvalue weighted by molar-refractivity contribution is 5.57. The molecule has 0 radical (unpaired) electrons. The summed E-state index contributed by atoms with van der Waals surface area (Å²) in [4.78, 5) is 8.56. The summed E-state index contributed by atoms with van der Waals surface area (Å²) in [7, 11) is 0. The maximum atomic E-state index is 8.80. The topological polar surface area (TPSA) is 67.4 Å². The van der Waals surface area contributed by atoms with Crippen LogP contribution in [-0.2, 0) is 0 Å². The van der Waals surface area contributed by atoms with E-state index in [2.05, 4.69) is 21.1 Å². The van der Waals surface area contributed by atoms with Crippen LogP contribution in [0.4, 0.5) is 0 Å². The molecular weight excluding hydrogens is 250 g/mol. The molecule has 0 saturated carbocycles. The lowest BCUT2D eigenvalue weighted by atomic mass is 10.2. The van der Waals surface area contributed by atoms with Gasteiger partial charge < -0.3 is 0 Å². The summed E-state index contributed by atoms with van der Waals surface area (Å²) >= 11 is 0. The first kappa shape index (κ1) is 12.1. The minimum absolute atomic E-state index is 0.539. The molecule has 0 spiro atoms. The molecule has 5 heteroatoms. The minimum Gasteiger partial charge on any atom is -0.259 e. The quantitative estimate of drug-likeness (QED) is 0.710. The first-order valence-corrected chi connectivity index (χ1v) is 6.11. The number of nitrogens with zero attached hydrogens (tertiary/aromatic N) is 5. The molecular formula is C15H11N5. The number of aryl methyl sites for hydroxylation is 1. The van der Waals surface area contributed by atoms with E-state index in [1.165, 1.54) is 0 Å². The Bertz CT molecular complexity index is 763. The maximum absolute atomic E-state index is 8.80. The summed E-state index contributed by atoms with van der Waals surface area (Å²) in [5.74, 6) is 0. The highest BCUT2D eigenvalue weighted by Crippen LogP contribution is 2.20. The van der Waals surface area contributed by atoms with Crippen LogP contribution in [0.2, 0.25) is 0 Å². The fraction of sp³-hybridized carbons (Fsp3) is 0.0667. The van der Waals surface area contributed by atoms with Crippen molar-refractivity contribution in [1.82, 2.24) is 19.7 Å². The second kappa shape index (κ2) is 4.94. The molecule has 0 atom stereocenters. The van der Waals surface area contributed by atoms with Gasteiger partial charge in [0.05, 0.1) is 35.0 Å². The van der Waals surface area contributed by atoms with E-state index in [1.54, 1.807) is 29.3 Å². The first-order chi connectivity index (χ1) is 9.78. The van der Waals surface area contributed by atoms with E-state index >= 15 is 0 Å². The second-order valence-corrected chi connectivity index (χ2v) is 4.33. The lowest BCUT2D eigenvalue weighted by Crippen LogP contribution is -2.00. The molecule has 0 unspecified atom stereocenters. The van der Waals surface area contributed by atoms with E-state index in [0.717, 1.165) is 22.8 Å². The van der Waals surface area contributed by atoms with Crippen molar-refractivity contribution in [3.05, 3.63) is 60.2 Å². The van der Waals surface area contributed by atoms with Gasteiger partial charge in [-0.3, -0.25) is 9.97 Å². The molecule has 3 aromatic heterocycles. The van der Waals surface area contributed by atoms with Gasteiger partial charge in [0.15, 0.2) is 0 Å². The summed E-state index contributed by atoms with van der Waals surface area (Å²) in [6.45, 7) is 1.94. The van der Waals surface area contributed by atoms with E-state index in [4.69, 9.17) is 5.26 Å². The van der Waals surface area contributed by atoms with Crippen LogP contribution in [-0.4, -0.2) is 19.7 Å². The summed E-state index contributed by atoms with van der Waals surface area (Å²) in [5.41, 5.74) is 4.00. The van der Waals surface area contributed by atoms with Gasteiger partial charge in [-0.2, -0.15) is 10.4 Å². The second-order valence-electron chi connectivity index (χ2n) is 4.33. The molecule has 0 saturated heterocycles. The predicted molar refractivity (Wildman–Crippen MR) is 74.0 cm³/mol. The molecule has 0 aromatic carbocycles. The molecule has 96 valence electrons. The highest BCUT2D eigenvalue weighted by Gasteiger charge is 2.08. The SMILES string of the molecule is Cc1ccc(-n2nccc2-c2ccc(C#N)cn2)cn1. The van der Waals surface area contributed by atoms with Crippen molar-refractivity contribution in [3.63, 3.8) is 0 Å². The number of pyridine rings is 2. The molecule has 0 aliphatic carbocycles. The molecule has 5 nitrogen and oxygen atoms in total. The molecule has 0 bridgehead atoms. The van der Waals surface area contributed by atoms with E-state index < -0.39 is 0 Å². The number of aromatic nitrogens is 4. The molecule has 20 heavy (non-hydrogen) atoms. The van der Waals surface area contributed by atoms with Crippen LogP contribution in [0.5, 0.6) is 0 Å². The fourth-order valence-electron chi connectivity index (χ4n) is 1.90. The Morgan fingerprint density at radius 1 is 1.05 bits per heavy atom. The minimum atomic E-state index is 0.539. The molecule has 0 aliphatic heterocycles. The number of hydrogen-bond acceptors (Lipinski definition) is 4. The van der Waals surface area contributed by atoms with Crippen LogP contribution in [0.15, 0.2) is 48.9 Å². The van der Waals surface area contributed by atoms with Crippen LogP contribution in [0.1, 0.15) is 11.3 Å². The molecule has 0 aliphatic rings. The molecule has 3 heterocycles. The Hall–Kier alpha value is -3.00. The van der Waals surface area contributed by atoms with Gasteiger partial charge in [0.1, 0.15) is 6.07 Å². The Morgan fingerprint density at radius 3 is 2.60 bits per heavy atom. The zero-order valence-electron chi connectivity index (χ0n) is 10.9. The molecule has 3 aromatic rings. The average molecular weight is 261 g/mol.